The summed E-state index contributed by atoms with van der Waals surface area (Å²) in [6, 6.07) is 11.1. The zero-order valence-electron chi connectivity index (χ0n) is 17.6. The van der Waals surface area contributed by atoms with Crippen LogP contribution in [0.2, 0.25) is 0 Å². The largest absolute Gasteiger partial charge is 0.490 e. The maximum Gasteiger partial charge on any atom is 0.258 e. The average Bonchev–Trinajstić information content (AvgIpc) is 3.43. The van der Waals surface area contributed by atoms with Crippen molar-refractivity contribution < 1.29 is 9.53 Å². The molecule has 3 heterocycles. The molecule has 0 N–H and O–H groups in total. The molecule has 0 radical (unpaired) electrons. The van der Waals surface area contributed by atoms with E-state index in [0.717, 1.165) is 22.6 Å². The van der Waals surface area contributed by atoms with E-state index in [1.807, 2.05) is 37.0 Å². The second kappa shape index (κ2) is 7.55. The van der Waals surface area contributed by atoms with Crippen LogP contribution >= 0.6 is 0 Å². The number of benzene rings is 1. The van der Waals surface area contributed by atoms with Gasteiger partial charge in [-0.1, -0.05) is 0 Å². The molecule has 2 aliphatic rings. The molecule has 31 heavy (non-hydrogen) atoms. The summed E-state index contributed by atoms with van der Waals surface area (Å²) in [5.74, 6) is 0.928. The molecule has 1 aromatic carbocycles. The molecular formula is C24H23N5O2. The van der Waals surface area contributed by atoms with Crippen LogP contribution in [0.25, 0.3) is 5.69 Å². The Bertz CT molecular complexity index is 1180. The Hall–Kier alpha value is -3.66. The molecule has 0 atom stereocenters. The van der Waals surface area contributed by atoms with Crippen molar-refractivity contribution in [2.24, 2.45) is 0 Å². The van der Waals surface area contributed by atoms with Crippen LogP contribution in [0.3, 0.4) is 0 Å². The quantitative estimate of drug-likeness (QED) is 0.632. The van der Waals surface area contributed by atoms with Crippen LogP contribution in [-0.4, -0.2) is 31.7 Å². The number of carbonyl (C=O) groups is 1. The Morgan fingerprint density at radius 1 is 1.23 bits per heavy atom. The van der Waals surface area contributed by atoms with E-state index < -0.39 is 0 Å². The van der Waals surface area contributed by atoms with Gasteiger partial charge in [0.2, 0.25) is 0 Å². The number of amides is 1. The van der Waals surface area contributed by atoms with Gasteiger partial charge in [-0.25, -0.2) is 4.68 Å². The van der Waals surface area contributed by atoms with Crippen molar-refractivity contribution in [1.82, 2.24) is 19.7 Å². The van der Waals surface area contributed by atoms with Crippen LogP contribution in [0.4, 0.5) is 0 Å². The molecule has 2 aromatic heterocycles. The number of hydrogen-bond donors (Lipinski definition) is 0. The van der Waals surface area contributed by atoms with E-state index in [4.69, 9.17) is 9.84 Å². The van der Waals surface area contributed by atoms with Gasteiger partial charge in [0.1, 0.15) is 5.75 Å². The van der Waals surface area contributed by atoms with Gasteiger partial charge in [-0.3, -0.25) is 9.78 Å². The highest BCUT2D eigenvalue weighted by atomic mass is 16.5. The highest BCUT2D eigenvalue weighted by Gasteiger charge is 2.30. The van der Waals surface area contributed by atoms with E-state index in [9.17, 15) is 10.1 Å². The number of nitriles is 1. The maximum atomic E-state index is 13.3. The monoisotopic (exact) mass is 413 g/mol. The number of pyridine rings is 1. The van der Waals surface area contributed by atoms with E-state index in [1.165, 1.54) is 12.8 Å². The van der Waals surface area contributed by atoms with Crippen LogP contribution in [0.15, 0.2) is 42.7 Å². The number of carbonyl (C=O) groups excluding carboxylic acids is 1. The normalized spacial score (nSPS) is 15.1. The number of fused-ring (bicyclic) bond motifs is 1. The van der Waals surface area contributed by atoms with Crippen molar-refractivity contribution in [3.63, 3.8) is 0 Å². The third-order valence-corrected chi connectivity index (χ3v) is 5.59. The zero-order valence-corrected chi connectivity index (χ0v) is 17.6. The van der Waals surface area contributed by atoms with Gasteiger partial charge in [0, 0.05) is 36.1 Å². The van der Waals surface area contributed by atoms with Crippen molar-refractivity contribution in [1.29, 1.82) is 5.26 Å². The van der Waals surface area contributed by atoms with E-state index in [-0.39, 0.29) is 12.0 Å². The summed E-state index contributed by atoms with van der Waals surface area (Å²) in [6.45, 7) is 4.73. The van der Waals surface area contributed by atoms with Crippen LogP contribution in [0, 0.1) is 11.3 Å². The molecule has 3 aromatic rings. The first kappa shape index (κ1) is 19.3. The fourth-order valence-electron chi connectivity index (χ4n) is 3.90. The lowest BCUT2D eigenvalue weighted by Crippen LogP contribution is -2.27. The Morgan fingerprint density at radius 2 is 2.06 bits per heavy atom. The summed E-state index contributed by atoms with van der Waals surface area (Å²) in [4.78, 5) is 19.5. The Kier molecular flexibility index (Phi) is 4.70. The number of hydrogen-bond acceptors (Lipinski definition) is 5. The maximum absolute atomic E-state index is 13.3. The molecule has 5 rings (SSSR count). The smallest absolute Gasteiger partial charge is 0.258 e. The highest BCUT2D eigenvalue weighted by Crippen LogP contribution is 2.39. The minimum atomic E-state index is -0.155. The fourth-order valence-corrected chi connectivity index (χ4v) is 3.90. The summed E-state index contributed by atoms with van der Waals surface area (Å²) in [5, 5.41) is 14.0. The van der Waals surface area contributed by atoms with E-state index >= 15 is 0 Å². The van der Waals surface area contributed by atoms with Crippen LogP contribution in [-0.2, 0) is 13.1 Å². The van der Waals surface area contributed by atoms with Crippen molar-refractivity contribution in [3.05, 3.63) is 70.8 Å². The minimum Gasteiger partial charge on any atom is -0.490 e. The second-order valence-corrected chi connectivity index (χ2v) is 8.41. The molecule has 0 unspecified atom stereocenters. The molecule has 156 valence electrons. The first-order chi connectivity index (χ1) is 15.0. The Labute approximate surface area is 180 Å². The highest BCUT2D eigenvalue weighted by molar-refractivity contribution is 5.97. The van der Waals surface area contributed by atoms with E-state index in [2.05, 4.69) is 17.1 Å². The van der Waals surface area contributed by atoms with Crippen LogP contribution in [0.5, 0.6) is 5.75 Å². The predicted octanol–water partition coefficient (Wildman–Crippen LogP) is 3.96. The van der Waals surface area contributed by atoms with Crippen molar-refractivity contribution >= 4 is 5.91 Å². The number of ether oxygens (including phenoxy) is 1. The summed E-state index contributed by atoms with van der Waals surface area (Å²) in [7, 11) is 0. The molecule has 1 saturated carbocycles. The number of rotatable bonds is 5. The average molecular weight is 413 g/mol. The van der Waals surface area contributed by atoms with Crippen molar-refractivity contribution in [2.75, 3.05) is 0 Å². The Balaban J connectivity index is 1.37. The van der Waals surface area contributed by atoms with Gasteiger partial charge in [0.15, 0.2) is 0 Å². The lowest BCUT2D eigenvalue weighted by Gasteiger charge is -2.19. The van der Waals surface area contributed by atoms with Gasteiger partial charge in [0.05, 0.1) is 41.2 Å². The van der Waals surface area contributed by atoms with Gasteiger partial charge in [-0.05, 0) is 57.0 Å². The van der Waals surface area contributed by atoms with Crippen LogP contribution < -0.4 is 4.74 Å². The Morgan fingerprint density at radius 3 is 2.77 bits per heavy atom. The van der Waals surface area contributed by atoms with E-state index in [0.29, 0.717) is 35.9 Å². The molecule has 7 nitrogen and oxygen atoms in total. The summed E-state index contributed by atoms with van der Waals surface area (Å²) in [6.07, 6.45) is 6.17. The SMILES string of the molecule is CC(C)Oc1ccc(C#N)cc1C(=O)N1Cc2cn(-c3ccnc(C4CC4)c3)nc2C1. The molecule has 0 saturated heterocycles. The van der Waals surface area contributed by atoms with Crippen molar-refractivity contribution in [3.8, 4) is 17.5 Å². The van der Waals surface area contributed by atoms with Gasteiger partial charge in [-0.15, -0.1) is 0 Å². The summed E-state index contributed by atoms with van der Waals surface area (Å²) in [5.41, 5.74) is 4.89. The summed E-state index contributed by atoms with van der Waals surface area (Å²) >= 11 is 0. The summed E-state index contributed by atoms with van der Waals surface area (Å²) < 4.78 is 7.69. The molecule has 1 fully saturated rings. The first-order valence-electron chi connectivity index (χ1n) is 10.6. The number of nitrogens with zero attached hydrogens (tertiary/aromatic N) is 5. The first-order valence-corrected chi connectivity index (χ1v) is 10.6. The van der Waals surface area contributed by atoms with Gasteiger partial charge in [-0.2, -0.15) is 10.4 Å². The topological polar surface area (TPSA) is 84.0 Å². The third kappa shape index (κ3) is 3.77. The predicted molar refractivity (Wildman–Crippen MR) is 114 cm³/mol. The van der Waals surface area contributed by atoms with Gasteiger partial charge >= 0.3 is 0 Å². The van der Waals surface area contributed by atoms with Crippen LogP contribution in [0.1, 0.15) is 65.5 Å². The zero-order chi connectivity index (χ0) is 21.5. The molecule has 0 bridgehead atoms. The van der Waals surface area contributed by atoms with Gasteiger partial charge < -0.3 is 9.64 Å². The lowest BCUT2D eigenvalue weighted by atomic mass is 10.1. The fraction of sp³-hybridized carbons (Fsp3) is 0.333. The van der Waals surface area contributed by atoms with E-state index in [1.54, 1.807) is 23.1 Å². The third-order valence-electron chi connectivity index (χ3n) is 5.59. The standard InChI is InChI=1S/C24H23N5O2/c1-15(2)31-23-6-3-16(11-25)9-20(23)24(30)28-12-18-13-29(27-22(18)14-28)19-7-8-26-21(10-19)17-4-5-17/h3,6-10,13,15,17H,4-5,12,14H2,1-2H3. The van der Waals surface area contributed by atoms with Crippen molar-refractivity contribution in [2.45, 2.75) is 51.8 Å². The molecular weight excluding hydrogens is 390 g/mol. The second-order valence-electron chi connectivity index (χ2n) is 8.41. The molecule has 1 aliphatic carbocycles. The van der Waals surface area contributed by atoms with Gasteiger partial charge in [0.25, 0.3) is 5.91 Å². The number of aromatic nitrogens is 3. The molecule has 0 spiro atoms. The lowest BCUT2D eigenvalue weighted by molar-refractivity contribution is 0.0743. The molecule has 1 amide bonds. The molecule has 1 aliphatic heterocycles. The molecule has 7 heteroatoms. The minimum absolute atomic E-state index is 0.0704.